The highest BCUT2D eigenvalue weighted by molar-refractivity contribution is 6.05. The van der Waals surface area contributed by atoms with Crippen LogP contribution in [-0.4, -0.2) is 54.8 Å². The van der Waals surface area contributed by atoms with Gasteiger partial charge in [-0.2, -0.15) is 0 Å². The van der Waals surface area contributed by atoms with Crippen molar-refractivity contribution in [2.45, 2.75) is 31.6 Å². The van der Waals surface area contributed by atoms with Crippen molar-refractivity contribution < 1.29 is 19.1 Å². The summed E-state index contributed by atoms with van der Waals surface area (Å²) >= 11 is 0. The Kier molecular flexibility index (Phi) is 3.69. The number of benzene rings is 1. The molecule has 3 heterocycles. The second kappa shape index (κ2) is 5.75. The minimum Gasteiger partial charge on any atom is -0.372 e. The molecule has 128 valence electrons. The standard InChI is InChI=1S/C17H21N3O4/c1-11-15(21)19-14-10-12(2-3-13(14)18-11)16(22)20-6-4-17(5-7-20)23-8-9-24-17/h2-3,10-11,18H,4-9H2,1H3,(H,19,21). The summed E-state index contributed by atoms with van der Waals surface area (Å²) in [5, 5.41) is 5.95. The number of piperidine rings is 1. The van der Waals surface area contributed by atoms with Crippen molar-refractivity contribution in [1.82, 2.24) is 4.90 Å². The van der Waals surface area contributed by atoms with Crippen LogP contribution < -0.4 is 10.6 Å². The molecule has 2 saturated heterocycles. The summed E-state index contributed by atoms with van der Waals surface area (Å²) in [6, 6.07) is 5.10. The van der Waals surface area contributed by atoms with Crippen molar-refractivity contribution >= 4 is 23.2 Å². The zero-order valence-corrected chi connectivity index (χ0v) is 13.6. The van der Waals surface area contributed by atoms with Gasteiger partial charge in [0.25, 0.3) is 5.91 Å². The van der Waals surface area contributed by atoms with Crippen LogP contribution in [0.25, 0.3) is 0 Å². The van der Waals surface area contributed by atoms with E-state index in [1.807, 2.05) is 11.0 Å². The second-order valence-corrected chi connectivity index (χ2v) is 6.52. The lowest BCUT2D eigenvalue weighted by Gasteiger charge is -2.37. The van der Waals surface area contributed by atoms with E-state index in [1.165, 1.54) is 0 Å². The molecule has 2 fully saturated rings. The minimum absolute atomic E-state index is 0.0292. The predicted octanol–water partition coefficient (Wildman–Crippen LogP) is 1.42. The van der Waals surface area contributed by atoms with Gasteiger partial charge in [-0.3, -0.25) is 9.59 Å². The molecule has 0 bridgehead atoms. The molecule has 0 aromatic heterocycles. The van der Waals surface area contributed by atoms with E-state index >= 15 is 0 Å². The van der Waals surface area contributed by atoms with Gasteiger partial charge >= 0.3 is 0 Å². The number of rotatable bonds is 1. The summed E-state index contributed by atoms with van der Waals surface area (Å²) in [7, 11) is 0. The summed E-state index contributed by atoms with van der Waals surface area (Å²) < 4.78 is 11.4. The summed E-state index contributed by atoms with van der Waals surface area (Å²) in [5.74, 6) is -0.609. The van der Waals surface area contributed by atoms with Crippen molar-refractivity contribution in [3.63, 3.8) is 0 Å². The van der Waals surface area contributed by atoms with Crippen LogP contribution in [0.15, 0.2) is 18.2 Å². The first kappa shape index (κ1) is 15.4. The van der Waals surface area contributed by atoms with E-state index in [1.54, 1.807) is 19.1 Å². The first-order valence-corrected chi connectivity index (χ1v) is 8.35. The fourth-order valence-corrected chi connectivity index (χ4v) is 3.47. The Hall–Kier alpha value is -2.12. The largest absolute Gasteiger partial charge is 0.372 e. The molecule has 2 N–H and O–H groups in total. The zero-order valence-electron chi connectivity index (χ0n) is 13.6. The van der Waals surface area contributed by atoms with Crippen LogP contribution in [-0.2, 0) is 14.3 Å². The Labute approximate surface area is 140 Å². The lowest BCUT2D eigenvalue weighted by Crippen LogP contribution is -2.47. The molecule has 0 radical (unpaired) electrons. The molecular formula is C17H21N3O4. The number of carbonyl (C=O) groups excluding carboxylic acids is 2. The zero-order chi connectivity index (χ0) is 16.7. The number of amides is 2. The van der Waals surface area contributed by atoms with Gasteiger partial charge in [0, 0.05) is 31.5 Å². The quantitative estimate of drug-likeness (QED) is 0.813. The maximum absolute atomic E-state index is 12.7. The molecule has 1 aromatic carbocycles. The van der Waals surface area contributed by atoms with Gasteiger partial charge in [-0.05, 0) is 25.1 Å². The average molecular weight is 331 g/mol. The molecule has 1 spiro atoms. The summed E-state index contributed by atoms with van der Waals surface area (Å²) in [4.78, 5) is 26.4. The van der Waals surface area contributed by atoms with E-state index < -0.39 is 5.79 Å². The Morgan fingerprint density at radius 2 is 1.92 bits per heavy atom. The monoisotopic (exact) mass is 331 g/mol. The molecule has 1 atom stereocenters. The molecule has 0 saturated carbocycles. The van der Waals surface area contributed by atoms with Gasteiger partial charge in [0.1, 0.15) is 6.04 Å². The van der Waals surface area contributed by atoms with E-state index in [-0.39, 0.29) is 17.9 Å². The third-order valence-electron chi connectivity index (χ3n) is 4.92. The first-order chi connectivity index (χ1) is 11.6. The van der Waals surface area contributed by atoms with Gasteiger partial charge in [-0.1, -0.05) is 0 Å². The predicted molar refractivity (Wildman–Crippen MR) is 87.9 cm³/mol. The van der Waals surface area contributed by atoms with Crippen LogP contribution in [0.2, 0.25) is 0 Å². The third kappa shape index (κ3) is 2.63. The molecule has 4 rings (SSSR count). The molecule has 7 heteroatoms. The molecule has 3 aliphatic heterocycles. The lowest BCUT2D eigenvalue weighted by atomic mass is 10.0. The van der Waals surface area contributed by atoms with Crippen LogP contribution in [0, 0.1) is 0 Å². The highest BCUT2D eigenvalue weighted by atomic mass is 16.7. The average Bonchev–Trinajstić information content (AvgIpc) is 3.04. The normalized spacial score (nSPS) is 25.1. The molecule has 2 amide bonds. The summed E-state index contributed by atoms with van der Waals surface area (Å²) in [6.07, 6.45) is 1.39. The SMILES string of the molecule is CC1Nc2ccc(C(=O)N3CCC4(CC3)OCCO4)cc2NC1=O. The third-order valence-corrected chi connectivity index (χ3v) is 4.92. The summed E-state index contributed by atoms with van der Waals surface area (Å²) in [6.45, 7) is 4.27. The van der Waals surface area contributed by atoms with Crippen molar-refractivity contribution in [2.24, 2.45) is 0 Å². The molecule has 7 nitrogen and oxygen atoms in total. The molecule has 0 aliphatic carbocycles. The Morgan fingerprint density at radius 3 is 2.62 bits per heavy atom. The topological polar surface area (TPSA) is 79.9 Å². The first-order valence-electron chi connectivity index (χ1n) is 8.35. The number of nitrogens with zero attached hydrogens (tertiary/aromatic N) is 1. The molecule has 24 heavy (non-hydrogen) atoms. The van der Waals surface area contributed by atoms with Crippen molar-refractivity contribution in [1.29, 1.82) is 0 Å². The molecule has 1 unspecified atom stereocenters. The van der Waals surface area contributed by atoms with Crippen molar-refractivity contribution in [3.8, 4) is 0 Å². The smallest absolute Gasteiger partial charge is 0.253 e. The van der Waals surface area contributed by atoms with E-state index in [2.05, 4.69) is 10.6 Å². The van der Waals surface area contributed by atoms with Gasteiger partial charge in [0.15, 0.2) is 5.79 Å². The molecule has 1 aromatic rings. The Balaban J connectivity index is 1.47. The Morgan fingerprint density at radius 1 is 1.21 bits per heavy atom. The highest BCUT2D eigenvalue weighted by Gasteiger charge is 2.41. The minimum atomic E-state index is -0.485. The van der Waals surface area contributed by atoms with E-state index in [4.69, 9.17) is 9.47 Å². The van der Waals surface area contributed by atoms with Crippen LogP contribution in [0.1, 0.15) is 30.1 Å². The second-order valence-electron chi connectivity index (χ2n) is 6.52. The maximum Gasteiger partial charge on any atom is 0.253 e. The fourth-order valence-electron chi connectivity index (χ4n) is 3.47. The molecule has 3 aliphatic rings. The van der Waals surface area contributed by atoms with E-state index in [0.717, 1.165) is 5.69 Å². The van der Waals surface area contributed by atoms with E-state index in [0.29, 0.717) is 50.4 Å². The van der Waals surface area contributed by atoms with Gasteiger partial charge in [-0.15, -0.1) is 0 Å². The van der Waals surface area contributed by atoms with Crippen LogP contribution in [0.4, 0.5) is 11.4 Å². The molecular weight excluding hydrogens is 310 g/mol. The van der Waals surface area contributed by atoms with Gasteiger partial charge < -0.3 is 25.0 Å². The van der Waals surface area contributed by atoms with Crippen LogP contribution in [0.5, 0.6) is 0 Å². The Bertz CT molecular complexity index is 674. The van der Waals surface area contributed by atoms with Crippen molar-refractivity contribution in [3.05, 3.63) is 23.8 Å². The number of carbonyl (C=O) groups is 2. The number of ether oxygens (including phenoxy) is 2. The van der Waals surface area contributed by atoms with Gasteiger partial charge in [0.05, 0.1) is 24.6 Å². The number of anilines is 2. The van der Waals surface area contributed by atoms with Gasteiger partial charge in [-0.25, -0.2) is 0 Å². The van der Waals surface area contributed by atoms with Crippen molar-refractivity contribution in [2.75, 3.05) is 36.9 Å². The fraction of sp³-hybridized carbons (Fsp3) is 0.529. The van der Waals surface area contributed by atoms with E-state index in [9.17, 15) is 9.59 Å². The van der Waals surface area contributed by atoms with Gasteiger partial charge in [0.2, 0.25) is 5.91 Å². The number of hydrogen-bond acceptors (Lipinski definition) is 5. The lowest BCUT2D eigenvalue weighted by molar-refractivity contribution is -0.181. The van der Waals surface area contributed by atoms with Crippen LogP contribution in [0.3, 0.4) is 0 Å². The highest BCUT2D eigenvalue weighted by Crippen LogP contribution is 2.33. The summed E-state index contributed by atoms with van der Waals surface area (Å²) in [5.41, 5.74) is 2.07. The number of hydrogen-bond donors (Lipinski definition) is 2. The number of nitrogens with one attached hydrogen (secondary N) is 2. The maximum atomic E-state index is 12.7. The number of fused-ring (bicyclic) bond motifs is 1. The number of likely N-dealkylation sites (tertiary alicyclic amines) is 1. The van der Waals surface area contributed by atoms with Crippen LogP contribution >= 0.6 is 0 Å².